The van der Waals surface area contributed by atoms with Crippen molar-refractivity contribution in [1.82, 2.24) is 10.6 Å². The van der Waals surface area contributed by atoms with Crippen LogP contribution in [-0.2, 0) is 19.6 Å². The highest BCUT2D eigenvalue weighted by Crippen LogP contribution is 1.83. The predicted molar refractivity (Wildman–Crippen MR) is 54.3 cm³/mol. The number of amides is 2. The first-order chi connectivity index (χ1) is 6.81. The van der Waals surface area contributed by atoms with Crippen molar-refractivity contribution in [2.75, 3.05) is 18.8 Å². The Labute approximate surface area is 88.5 Å². The van der Waals surface area contributed by atoms with Crippen LogP contribution in [0.25, 0.3) is 0 Å². The molecular formula is C7H15N3O4S. The van der Waals surface area contributed by atoms with Gasteiger partial charge in [0, 0.05) is 13.5 Å². The van der Waals surface area contributed by atoms with Crippen LogP contribution in [-0.4, -0.2) is 39.1 Å². The molecule has 88 valence electrons. The molecule has 0 aromatic rings. The fraction of sp³-hybridized carbons (Fsp3) is 0.714. The summed E-state index contributed by atoms with van der Waals surface area (Å²) in [6, 6.07) is 0. The Bertz CT molecular complexity index is 325. The molecule has 0 rings (SSSR count). The van der Waals surface area contributed by atoms with E-state index in [2.05, 4.69) is 10.6 Å². The van der Waals surface area contributed by atoms with Crippen LogP contribution in [0, 0.1) is 0 Å². The number of carbonyl (C=O) groups is 2. The SMILES string of the molecule is CC(=O)NCC(=O)NCCCS(N)(=O)=O. The van der Waals surface area contributed by atoms with Crippen LogP contribution >= 0.6 is 0 Å². The van der Waals surface area contributed by atoms with Crippen molar-refractivity contribution in [3.63, 3.8) is 0 Å². The zero-order valence-corrected chi connectivity index (χ0v) is 9.26. The van der Waals surface area contributed by atoms with E-state index in [-0.39, 0.29) is 37.1 Å². The lowest BCUT2D eigenvalue weighted by molar-refractivity contribution is -0.125. The second-order valence-corrected chi connectivity index (χ2v) is 4.71. The summed E-state index contributed by atoms with van der Waals surface area (Å²) in [5.74, 6) is -0.831. The molecule has 2 amide bonds. The molecule has 0 atom stereocenters. The summed E-state index contributed by atoms with van der Waals surface area (Å²) in [4.78, 5) is 21.4. The van der Waals surface area contributed by atoms with E-state index in [9.17, 15) is 18.0 Å². The second-order valence-electron chi connectivity index (χ2n) is 2.98. The molecule has 4 N–H and O–H groups in total. The molecule has 7 nitrogen and oxygen atoms in total. The third-order valence-electron chi connectivity index (χ3n) is 1.43. The van der Waals surface area contributed by atoms with E-state index in [4.69, 9.17) is 5.14 Å². The number of primary sulfonamides is 1. The van der Waals surface area contributed by atoms with Gasteiger partial charge in [-0.1, -0.05) is 0 Å². The van der Waals surface area contributed by atoms with Gasteiger partial charge in [-0.2, -0.15) is 0 Å². The number of sulfonamides is 1. The van der Waals surface area contributed by atoms with Crippen LogP contribution in [0.3, 0.4) is 0 Å². The first-order valence-corrected chi connectivity index (χ1v) is 6.04. The number of carbonyl (C=O) groups excluding carboxylic acids is 2. The van der Waals surface area contributed by atoms with Gasteiger partial charge in [-0.15, -0.1) is 0 Å². The van der Waals surface area contributed by atoms with Gasteiger partial charge in [0.1, 0.15) is 0 Å². The van der Waals surface area contributed by atoms with Gasteiger partial charge in [-0.25, -0.2) is 13.6 Å². The maximum Gasteiger partial charge on any atom is 0.239 e. The second kappa shape index (κ2) is 6.36. The molecule has 0 heterocycles. The highest BCUT2D eigenvalue weighted by atomic mass is 32.2. The Hall–Kier alpha value is -1.15. The number of nitrogens with one attached hydrogen (secondary N) is 2. The fourth-order valence-corrected chi connectivity index (χ4v) is 1.32. The third-order valence-corrected chi connectivity index (χ3v) is 2.28. The monoisotopic (exact) mass is 237 g/mol. The Morgan fingerprint density at radius 3 is 2.33 bits per heavy atom. The van der Waals surface area contributed by atoms with Gasteiger partial charge in [0.05, 0.1) is 12.3 Å². The Morgan fingerprint density at radius 1 is 1.27 bits per heavy atom. The van der Waals surface area contributed by atoms with Gasteiger partial charge in [-0.05, 0) is 6.42 Å². The largest absolute Gasteiger partial charge is 0.355 e. The lowest BCUT2D eigenvalue weighted by Crippen LogP contribution is -2.36. The zero-order valence-electron chi connectivity index (χ0n) is 8.45. The summed E-state index contributed by atoms with van der Waals surface area (Å²) in [7, 11) is -3.47. The van der Waals surface area contributed by atoms with Crippen molar-refractivity contribution in [1.29, 1.82) is 0 Å². The smallest absolute Gasteiger partial charge is 0.239 e. The van der Waals surface area contributed by atoms with Crippen LogP contribution in [0.1, 0.15) is 13.3 Å². The molecule has 0 unspecified atom stereocenters. The predicted octanol–water partition coefficient (Wildman–Crippen LogP) is -2.08. The minimum atomic E-state index is -3.47. The van der Waals surface area contributed by atoms with Gasteiger partial charge in [0.2, 0.25) is 21.8 Å². The summed E-state index contributed by atoms with van der Waals surface area (Å²) in [5, 5.41) is 9.50. The number of hydrogen-bond donors (Lipinski definition) is 3. The van der Waals surface area contributed by atoms with Gasteiger partial charge < -0.3 is 10.6 Å². The number of rotatable bonds is 6. The quantitative estimate of drug-likeness (QED) is 0.459. The van der Waals surface area contributed by atoms with Gasteiger partial charge in [-0.3, -0.25) is 9.59 Å². The Morgan fingerprint density at radius 2 is 1.87 bits per heavy atom. The number of nitrogens with two attached hydrogens (primary N) is 1. The zero-order chi connectivity index (χ0) is 11.9. The normalized spacial score (nSPS) is 10.8. The molecule has 0 bridgehead atoms. The first kappa shape index (κ1) is 13.8. The van der Waals surface area contributed by atoms with E-state index in [0.29, 0.717) is 0 Å². The first-order valence-electron chi connectivity index (χ1n) is 4.33. The molecule has 0 radical (unpaired) electrons. The molecule has 0 aliphatic carbocycles. The van der Waals surface area contributed by atoms with Gasteiger partial charge >= 0.3 is 0 Å². The third kappa shape index (κ3) is 10.8. The number of hydrogen-bond acceptors (Lipinski definition) is 4. The van der Waals surface area contributed by atoms with E-state index < -0.39 is 10.0 Å². The average molecular weight is 237 g/mol. The molecule has 0 aromatic carbocycles. The summed E-state index contributed by atoms with van der Waals surface area (Å²) in [6.07, 6.45) is 0.255. The van der Waals surface area contributed by atoms with Crippen LogP contribution in [0.2, 0.25) is 0 Å². The van der Waals surface area contributed by atoms with Crippen molar-refractivity contribution in [2.24, 2.45) is 5.14 Å². The van der Waals surface area contributed by atoms with Crippen LogP contribution < -0.4 is 15.8 Å². The molecule has 0 saturated heterocycles. The summed E-state index contributed by atoms with van der Waals surface area (Å²) in [6.45, 7) is 1.41. The maximum atomic E-state index is 11.0. The maximum absolute atomic E-state index is 11.0. The molecule has 8 heteroatoms. The van der Waals surface area contributed by atoms with E-state index in [1.54, 1.807) is 0 Å². The van der Waals surface area contributed by atoms with Gasteiger partial charge in [0.15, 0.2) is 0 Å². The lowest BCUT2D eigenvalue weighted by Gasteiger charge is -2.04. The van der Waals surface area contributed by atoms with Crippen molar-refractivity contribution < 1.29 is 18.0 Å². The topological polar surface area (TPSA) is 118 Å². The van der Waals surface area contributed by atoms with Crippen LogP contribution in [0.15, 0.2) is 0 Å². The summed E-state index contributed by atoms with van der Waals surface area (Å²) < 4.78 is 21.0. The van der Waals surface area contributed by atoms with Gasteiger partial charge in [0.25, 0.3) is 0 Å². The Kier molecular flexibility index (Phi) is 5.87. The fourth-order valence-electron chi connectivity index (χ4n) is 0.768. The minimum Gasteiger partial charge on any atom is -0.355 e. The van der Waals surface area contributed by atoms with Crippen molar-refractivity contribution in [3.05, 3.63) is 0 Å². The van der Waals surface area contributed by atoms with E-state index in [0.717, 1.165) is 0 Å². The van der Waals surface area contributed by atoms with E-state index in [1.165, 1.54) is 6.92 Å². The molecule has 0 aliphatic heterocycles. The molecule has 0 aromatic heterocycles. The summed E-state index contributed by atoms with van der Waals surface area (Å²) >= 11 is 0. The molecular weight excluding hydrogens is 222 g/mol. The Balaban J connectivity index is 3.52. The standard InChI is InChI=1S/C7H15N3O4S/c1-6(11)10-5-7(12)9-3-2-4-15(8,13)14/h2-5H2,1H3,(H,9,12)(H,10,11)(H2,8,13,14). The molecule has 0 aliphatic rings. The van der Waals surface area contributed by atoms with Crippen molar-refractivity contribution in [3.8, 4) is 0 Å². The molecule has 0 saturated carbocycles. The minimum absolute atomic E-state index is 0.106. The van der Waals surface area contributed by atoms with E-state index >= 15 is 0 Å². The van der Waals surface area contributed by atoms with Crippen LogP contribution in [0.5, 0.6) is 0 Å². The highest BCUT2D eigenvalue weighted by Gasteiger charge is 2.04. The van der Waals surface area contributed by atoms with E-state index in [1.807, 2.05) is 0 Å². The molecule has 15 heavy (non-hydrogen) atoms. The summed E-state index contributed by atoms with van der Waals surface area (Å²) in [5.41, 5.74) is 0. The molecule has 0 spiro atoms. The van der Waals surface area contributed by atoms with Crippen LogP contribution in [0.4, 0.5) is 0 Å². The van der Waals surface area contributed by atoms with Crippen molar-refractivity contribution >= 4 is 21.8 Å². The molecule has 0 fully saturated rings. The average Bonchev–Trinajstić information content (AvgIpc) is 2.07. The highest BCUT2D eigenvalue weighted by molar-refractivity contribution is 7.89. The van der Waals surface area contributed by atoms with Crippen molar-refractivity contribution in [2.45, 2.75) is 13.3 Å². The lowest BCUT2D eigenvalue weighted by atomic mass is 10.4.